The van der Waals surface area contributed by atoms with Crippen molar-refractivity contribution in [3.63, 3.8) is 0 Å². The van der Waals surface area contributed by atoms with Crippen LogP contribution in [0.5, 0.6) is 0 Å². The quantitative estimate of drug-likeness (QED) is 0.772. The molecular weight excluding hydrogens is 338 g/mol. The predicted octanol–water partition coefficient (Wildman–Crippen LogP) is 2.75. The Kier molecular flexibility index (Phi) is 6.72. The molecule has 0 bridgehead atoms. The number of quaternary nitrogens is 1. The summed E-state index contributed by atoms with van der Waals surface area (Å²) in [5, 5.41) is 13.1. The summed E-state index contributed by atoms with van der Waals surface area (Å²) in [6.45, 7) is 5.70. The second-order valence-electron chi connectivity index (χ2n) is 6.86. The molecule has 4 heteroatoms. The number of carboxylic acid groups (broad SMARTS) is 1. The van der Waals surface area contributed by atoms with E-state index in [0.29, 0.717) is 11.6 Å². The highest BCUT2D eigenvalue weighted by atomic mass is 16.5. The average Bonchev–Trinajstić information content (AvgIpc) is 2.67. The number of carboxylic acids is 1. The highest BCUT2D eigenvalue weighted by molar-refractivity contribution is 5.91. The van der Waals surface area contributed by atoms with Crippen molar-refractivity contribution in [2.75, 3.05) is 7.11 Å². The Morgan fingerprint density at radius 3 is 2.19 bits per heavy atom. The van der Waals surface area contributed by atoms with E-state index in [1.807, 2.05) is 36.4 Å². The number of aryl methyl sites for hydroxylation is 1. The molecule has 3 N–H and O–H groups in total. The van der Waals surface area contributed by atoms with Gasteiger partial charge in [-0.05, 0) is 37.1 Å². The summed E-state index contributed by atoms with van der Waals surface area (Å²) in [5.74, 6) is -1.24. The van der Waals surface area contributed by atoms with Gasteiger partial charge in [0.1, 0.15) is 11.6 Å². The van der Waals surface area contributed by atoms with Crippen molar-refractivity contribution in [1.82, 2.24) is 0 Å². The number of methoxy groups -OCH3 is 1. The minimum atomic E-state index is -1.43. The highest BCUT2D eigenvalue weighted by Gasteiger charge is 2.29. The lowest BCUT2D eigenvalue weighted by atomic mass is 9.91. The van der Waals surface area contributed by atoms with Gasteiger partial charge in [0.2, 0.25) is 0 Å². The number of rotatable bonds is 4. The van der Waals surface area contributed by atoms with E-state index in [-0.39, 0.29) is 0 Å². The average molecular weight is 365 g/mol. The van der Waals surface area contributed by atoms with Gasteiger partial charge < -0.3 is 20.4 Å². The number of ether oxygens (including phenoxy) is 1. The van der Waals surface area contributed by atoms with Crippen LogP contribution in [0.1, 0.15) is 36.6 Å². The number of benzene rings is 3. The molecule has 142 valence electrons. The second-order valence-corrected chi connectivity index (χ2v) is 6.86. The summed E-state index contributed by atoms with van der Waals surface area (Å²) in [6.07, 6.45) is 0. The molecule has 0 amide bonds. The van der Waals surface area contributed by atoms with Gasteiger partial charge in [-0.25, -0.2) is 0 Å². The first-order valence-corrected chi connectivity index (χ1v) is 8.94. The van der Waals surface area contributed by atoms with Gasteiger partial charge in [0, 0.05) is 12.7 Å². The fraction of sp³-hybridized carbons (Fsp3) is 0.261. The molecule has 2 atom stereocenters. The van der Waals surface area contributed by atoms with Crippen LogP contribution in [0, 0.1) is 6.92 Å². The van der Waals surface area contributed by atoms with E-state index >= 15 is 0 Å². The minimum absolute atomic E-state index is 0.403. The van der Waals surface area contributed by atoms with Gasteiger partial charge in [-0.3, -0.25) is 0 Å². The van der Waals surface area contributed by atoms with Crippen LogP contribution in [-0.4, -0.2) is 13.1 Å². The number of hydrogen-bond acceptors (Lipinski definition) is 3. The molecule has 0 fully saturated rings. The number of hydrogen-bond donors (Lipinski definition) is 1. The van der Waals surface area contributed by atoms with Gasteiger partial charge in [0.05, 0.1) is 5.97 Å². The van der Waals surface area contributed by atoms with Gasteiger partial charge in [-0.15, -0.1) is 0 Å². The van der Waals surface area contributed by atoms with E-state index in [9.17, 15) is 9.90 Å². The van der Waals surface area contributed by atoms with Gasteiger partial charge in [-0.2, -0.15) is 0 Å². The molecule has 0 aliphatic rings. The van der Waals surface area contributed by atoms with E-state index in [1.165, 1.54) is 25.2 Å². The summed E-state index contributed by atoms with van der Waals surface area (Å²) in [6, 6.07) is 22.0. The van der Waals surface area contributed by atoms with Gasteiger partial charge in [-0.1, -0.05) is 72.3 Å². The number of aliphatic carboxylic acids is 1. The maximum Gasteiger partial charge on any atom is 0.130 e. The molecule has 0 saturated carbocycles. The summed E-state index contributed by atoms with van der Waals surface area (Å²) in [5.41, 5.74) is 5.74. The van der Waals surface area contributed by atoms with Crippen LogP contribution in [0.15, 0.2) is 66.7 Å². The molecule has 0 heterocycles. The van der Waals surface area contributed by atoms with Crippen molar-refractivity contribution < 1.29 is 20.4 Å². The Labute approximate surface area is 160 Å². The standard InChI is InChI=1S/C14H14O3.C9H13N/c1-14(17-2,13(15)16)12-9-5-7-10-6-3-4-8-11(10)12;1-7-3-5-9(6-4-7)8(2)10/h3-9H,1-2H3,(H,15,16);3-6,8H,10H2,1-2H3/t14-;8-/m11/s1. The second kappa shape index (κ2) is 8.80. The molecule has 0 aliphatic carbocycles. The van der Waals surface area contributed by atoms with Crippen LogP contribution in [-0.2, 0) is 15.1 Å². The monoisotopic (exact) mass is 365 g/mol. The van der Waals surface area contributed by atoms with Crippen LogP contribution >= 0.6 is 0 Å². The molecule has 3 aromatic rings. The van der Waals surface area contributed by atoms with Crippen molar-refractivity contribution in [3.8, 4) is 0 Å². The van der Waals surface area contributed by atoms with E-state index in [4.69, 9.17) is 4.74 Å². The van der Waals surface area contributed by atoms with Crippen molar-refractivity contribution in [1.29, 1.82) is 0 Å². The molecular formula is C23H27NO3. The first kappa shape index (κ1) is 20.6. The van der Waals surface area contributed by atoms with Crippen LogP contribution in [0.25, 0.3) is 10.8 Å². The van der Waals surface area contributed by atoms with E-state index in [2.05, 4.69) is 43.8 Å². The lowest BCUT2D eigenvalue weighted by molar-refractivity contribution is -0.420. The van der Waals surface area contributed by atoms with E-state index < -0.39 is 11.6 Å². The largest absolute Gasteiger partial charge is 0.547 e. The normalized spacial score (nSPS) is 14.0. The Hall–Kier alpha value is -2.69. The zero-order chi connectivity index (χ0) is 20.0. The number of carbonyl (C=O) groups is 1. The first-order valence-electron chi connectivity index (χ1n) is 8.94. The highest BCUT2D eigenvalue weighted by Crippen LogP contribution is 2.30. The first-order chi connectivity index (χ1) is 12.8. The predicted molar refractivity (Wildman–Crippen MR) is 106 cm³/mol. The van der Waals surface area contributed by atoms with Crippen molar-refractivity contribution >= 4 is 16.7 Å². The van der Waals surface area contributed by atoms with E-state index in [1.54, 1.807) is 6.07 Å². The smallest absolute Gasteiger partial charge is 0.130 e. The van der Waals surface area contributed by atoms with Crippen LogP contribution in [0.3, 0.4) is 0 Å². The van der Waals surface area contributed by atoms with Crippen molar-refractivity contribution in [2.24, 2.45) is 0 Å². The topological polar surface area (TPSA) is 77.0 Å². The molecule has 0 aliphatic heterocycles. The molecule has 3 aromatic carbocycles. The van der Waals surface area contributed by atoms with Crippen LogP contribution in [0.2, 0.25) is 0 Å². The fourth-order valence-corrected chi connectivity index (χ4v) is 2.84. The van der Waals surface area contributed by atoms with Crippen LogP contribution < -0.4 is 10.8 Å². The van der Waals surface area contributed by atoms with Gasteiger partial charge in [0.25, 0.3) is 0 Å². The molecule has 0 unspecified atom stereocenters. The maximum atomic E-state index is 11.3. The zero-order valence-corrected chi connectivity index (χ0v) is 16.4. The lowest BCUT2D eigenvalue weighted by Gasteiger charge is -2.30. The molecule has 3 rings (SSSR count). The van der Waals surface area contributed by atoms with Crippen LogP contribution in [0.4, 0.5) is 0 Å². The third kappa shape index (κ3) is 4.73. The Morgan fingerprint density at radius 1 is 1.04 bits per heavy atom. The third-order valence-corrected chi connectivity index (χ3v) is 4.75. The molecule has 4 nitrogen and oxygen atoms in total. The third-order valence-electron chi connectivity index (χ3n) is 4.75. The Morgan fingerprint density at radius 2 is 1.63 bits per heavy atom. The summed E-state index contributed by atoms with van der Waals surface area (Å²) >= 11 is 0. The molecule has 0 radical (unpaired) electrons. The zero-order valence-electron chi connectivity index (χ0n) is 16.4. The SMILES string of the molecule is CO[C@@](C)(C(=O)[O-])c1cccc2ccccc12.Cc1ccc([C@@H](C)[NH3+])cc1. The summed E-state index contributed by atoms with van der Waals surface area (Å²) in [7, 11) is 1.37. The van der Waals surface area contributed by atoms with E-state index in [0.717, 1.165) is 10.8 Å². The molecule has 27 heavy (non-hydrogen) atoms. The number of carbonyl (C=O) groups excluding carboxylic acids is 1. The number of fused-ring (bicyclic) bond motifs is 1. The fourth-order valence-electron chi connectivity index (χ4n) is 2.84. The molecule has 0 aromatic heterocycles. The summed E-state index contributed by atoms with van der Waals surface area (Å²) < 4.78 is 5.13. The maximum absolute atomic E-state index is 11.3. The Bertz CT molecular complexity index is 898. The molecule has 0 spiro atoms. The lowest BCUT2D eigenvalue weighted by Crippen LogP contribution is -2.51. The summed E-state index contributed by atoms with van der Waals surface area (Å²) in [4.78, 5) is 11.3. The van der Waals surface area contributed by atoms with Crippen molar-refractivity contribution in [2.45, 2.75) is 32.4 Å². The molecule has 0 saturated heterocycles. The van der Waals surface area contributed by atoms with Gasteiger partial charge in [0.15, 0.2) is 0 Å². The minimum Gasteiger partial charge on any atom is -0.547 e. The Balaban J connectivity index is 0.000000223. The van der Waals surface area contributed by atoms with Gasteiger partial charge >= 0.3 is 0 Å². The van der Waals surface area contributed by atoms with Crippen molar-refractivity contribution in [3.05, 3.63) is 83.4 Å².